The van der Waals surface area contributed by atoms with Gasteiger partial charge >= 0.3 is 0 Å². The number of nitrogens with zero attached hydrogens (tertiary/aromatic N) is 2. The van der Waals surface area contributed by atoms with E-state index in [1.807, 2.05) is 13.1 Å². The molecule has 156 valence electrons. The van der Waals surface area contributed by atoms with Gasteiger partial charge in [0.2, 0.25) is 0 Å². The van der Waals surface area contributed by atoms with Crippen molar-refractivity contribution in [3.05, 3.63) is 35.9 Å². The molecule has 2 saturated heterocycles. The van der Waals surface area contributed by atoms with Crippen LogP contribution in [0.2, 0.25) is 0 Å². The molecule has 6 heteroatoms. The molecule has 0 saturated carbocycles. The Morgan fingerprint density at radius 3 is 2.82 bits per heavy atom. The maximum atomic E-state index is 5.92. The fraction of sp³-hybridized carbons (Fsp3) is 0.682. The van der Waals surface area contributed by atoms with Crippen LogP contribution < -0.4 is 5.32 Å². The topological polar surface area (TPSA) is 55.3 Å². The summed E-state index contributed by atoms with van der Waals surface area (Å²) in [5, 5.41) is 3.47. The molecular weight excluding hydrogens is 354 g/mol. The fourth-order valence-electron chi connectivity index (χ4n) is 3.75. The zero-order valence-electron chi connectivity index (χ0n) is 17.1. The molecule has 0 radical (unpaired) electrons. The van der Waals surface area contributed by atoms with Crippen LogP contribution in [0, 0.1) is 11.8 Å². The molecule has 2 heterocycles. The van der Waals surface area contributed by atoms with Crippen molar-refractivity contribution in [3.8, 4) is 0 Å². The third-order valence-corrected chi connectivity index (χ3v) is 5.39. The summed E-state index contributed by atoms with van der Waals surface area (Å²) in [5.74, 6) is 2.15. The molecule has 1 aromatic rings. The van der Waals surface area contributed by atoms with Crippen LogP contribution in [0.3, 0.4) is 0 Å². The van der Waals surface area contributed by atoms with Gasteiger partial charge in [-0.2, -0.15) is 0 Å². The van der Waals surface area contributed by atoms with Crippen LogP contribution in [-0.4, -0.2) is 70.6 Å². The predicted molar refractivity (Wildman–Crippen MR) is 112 cm³/mol. The number of guanidine groups is 1. The van der Waals surface area contributed by atoms with Crippen molar-refractivity contribution in [1.82, 2.24) is 10.2 Å². The number of aliphatic imine (C=N–C) groups is 1. The highest BCUT2D eigenvalue weighted by Crippen LogP contribution is 2.17. The number of hydrogen-bond acceptors (Lipinski definition) is 4. The van der Waals surface area contributed by atoms with Crippen molar-refractivity contribution in [2.45, 2.75) is 25.9 Å². The van der Waals surface area contributed by atoms with Gasteiger partial charge in [0, 0.05) is 51.7 Å². The van der Waals surface area contributed by atoms with Gasteiger partial charge in [0.1, 0.15) is 0 Å². The number of rotatable bonds is 10. The van der Waals surface area contributed by atoms with E-state index in [1.165, 1.54) is 5.56 Å². The van der Waals surface area contributed by atoms with Crippen molar-refractivity contribution >= 4 is 5.96 Å². The molecule has 0 bridgehead atoms. The quantitative estimate of drug-likeness (QED) is 0.379. The Morgan fingerprint density at radius 2 is 2.04 bits per heavy atom. The lowest BCUT2D eigenvalue weighted by molar-refractivity contribution is 0.0885. The molecule has 0 amide bonds. The number of nitrogens with one attached hydrogen (secondary N) is 1. The molecule has 1 aromatic carbocycles. The average molecular weight is 390 g/mol. The SMILES string of the molecule is CN=C(NCCCOCC1CCOC1)N1CCC(COCc2ccccc2)C1. The maximum absolute atomic E-state index is 5.92. The summed E-state index contributed by atoms with van der Waals surface area (Å²) in [6, 6.07) is 10.4. The standard InChI is InChI=1S/C22H35N3O3/c1-23-22(24-10-5-12-26-17-21-9-13-27-18-21)25-11-8-20(14-25)16-28-15-19-6-3-2-4-7-19/h2-4,6-7,20-21H,5,8-18H2,1H3,(H,23,24). The summed E-state index contributed by atoms with van der Waals surface area (Å²) in [5.41, 5.74) is 1.23. The van der Waals surface area contributed by atoms with Gasteiger partial charge in [-0.3, -0.25) is 4.99 Å². The van der Waals surface area contributed by atoms with Crippen LogP contribution in [-0.2, 0) is 20.8 Å². The fourth-order valence-corrected chi connectivity index (χ4v) is 3.75. The van der Waals surface area contributed by atoms with Crippen molar-refractivity contribution in [2.75, 3.05) is 59.7 Å². The van der Waals surface area contributed by atoms with Crippen LogP contribution in [0.25, 0.3) is 0 Å². The van der Waals surface area contributed by atoms with Gasteiger partial charge < -0.3 is 24.4 Å². The minimum absolute atomic E-state index is 0.569. The van der Waals surface area contributed by atoms with Gasteiger partial charge in [0.05, 0.1) is 26.4 Å². The molecule has 2 unspecified atom stereocenters. The van der Waals surface area contributed by atoms with E-state index in [1.54, 1.807) is 0 Å². The van der Waals surface area contributed by atoms with Gasteiger partial charge in [0.15, 0.2) is 5.96 Å². The Labute approximate surface area is 169 Å². The third-order valence-electron chi connectivity index (χ3n) is 5.39. The lowest BCUT2D eigenvalue weighted by Crippen LogP contribution is -2.40. The Balaban J connectivity index is 1.25. The first-order valence-electron chi connectivity index (χ1n) is 10.6. The smallest absolute Gasteiger partial charge is 0.193 e. The number of ether oxygens (including phenoxy) is 3. The van der Waals surface area contributed by atoms with E-state index >= 15 is 0 Å². The van der Waals surface area contributed by atoms with Crippen molar-refractivity contribution in [2.24, 2.45) is 16.8 Å². The van der Waals surface area contributed by atoms with E-state index in [2.05, 4.69) is 39.5 Å². The monoisotopic (exact) mass is 389 g/mol. The largest absolute Gasteiger partial charge is 0.381 e. The first-order valence-corrected chi connectivity index (χ1v) is 10.6. The first kappa shape index (κ1) is 21.1. The summed E-state index contributed by atoms with van der Waals surface area (Å²) < 4.78 is 17.1. The normalized spacial score (nSPS) is 22.8. The second kappa shape index (κ2) is 12.0. The molecule has 2 aliphatic rings. The Hall–Kier alpha value is -1.63. The number of hydrogen-bond donors (Lipinski definition) is 1. The Kier molecular flexibility index (Phi) is 9.07. The molecule has 0 spiro atoms. The second-order valence-electron chi connectivity index (χ2n) is 7.73. The van der Waals surface area contributed by atoms with E-state index < -0.39 is 0 Å². The third kappa shape index (κ3) is 7.08. The van der Waals surface area contributed by atoms with E-state index in [-0.39, 0.29) is 0 Å². The molecular formula is C22H35N3O3. The highest BCUT2D eigenvalue weighted by Gasteiger charge is 2.24. The second-order valence-corrected chi connectivity index (χ2v) is 7.73. The van der Waals surface area contributed by atoms with Gasteiger partial charge in [-0.1, -0.05) is 30.3 Å². The number of likely N-dealkylation sites (tertiary alicyclic amines) is 1. The molecule has 2 fully saturated rings. The van der Waals surface area contributed by atoms with Crippen LogP contribution in [0.15, 0.2) is 35.3 Å². The summed E-state index contributed by atoms with van der Waals surface area (Å²) in [4.78, 5) is 6.79. The zero-order valence-corrected chi connectivity index (χ0v) is 17.1. The summed E-state index contributed by atoms with van der Waals surface area (Å²) in [6.45, 7) is 7.79. The van der Waals surface area contributed by atoms with Crippen LogP contribution in [0.4, 0.5) is 0 Å². The van der Waals surface area contributed by atoms with E-state index in [0.717, 1.165) is 77.9 Å². The van der Waals surface area contributed by atoms with Gasteiger partial charge in [-0.05, 0) is 24.8 Å². The lowest BCUT2D eigenvalue weighted by Gasteiger charge is -2.22. The molecule has 28 heavy (non-hydrogen) atoms. The number of benzene rings is 1. The van der Waals surface area contributed by atoms with E-state index in [9.17, 15) is 0 Å². The van der Waals surface area contributed by atoms with Crippen molar-refractivity contribution in [3.63, 3.8) is 0 Å². The van der Waals surface area contributed by atoms with Crippen molar-refractivity contribution < 1.29 is 14.2 Å². The zero-order chi connectivity index (χ0) is 19.4. The lowest BCUT2D eigenvalue weighted by atomic mass is 10.1. The maximum Gasteiger partial charge on any atom is 0.193 e. The molecule has 0 aromatic heterocycles. The van der Waals surface area contributed by atoms with Gasteiger partial charge in [-0.15, -0.1) is 0 Å². The molecule has 2 aliphatic heterocycles. The minimum Gasteiger partial charge on any atom is -0.381 e. The van der Waals surface area contributed by atoms with Gasteiger partial charge in [-0.25, -0.2) is 0 Å². The van der Waals surface area contributed by atoms with Crippen molar-refractivity contribution in [1.29, 1.82) is 0 Å². The molecule has 2 atom stereocenters. The van der Waals surface area contributed by atoms with E-state index in [4.69, 9.17) is 14.2 Å². The molecule has 3 rings (SSSR count). The summed E-state index contributed by atoms with van der Waals surface area (Å²) in [6.07, 6.45) is 3.28. The Morgan fingerprint density at radius 1 is 1.18 bits per heavy atom. The average Bonchev–Trinajstić information content (AvgIpc) is 3.41. The highest BCUT2D eigenvalue weighted by molar-refractivity contribution is 5.80. The molecule has 1 N–H and O–H groups in total. The molecule has 6 nitrogen and oxygen atoms in total. The summed E-state index contributed by atoms with van der Waals surface area (Å²) >= 11 is 0. The Bertz CT molecular complexity index is 576. The summed E-state index contributed by atoms with van der Waals surface area (Å²) in [7, 11) is 1.86. The van der Waals surface area contributed by atoms with Crippen LogP contribution in [0.5, 0.6) is 0 Å². The van der Waals surface area contributed by atoms with Gasteiger partial charge in [0.25, 0.3) is 0 Å². The highest BCUT2D eigenvalue weighted by atomic mass is 16.5. The van der Waals surface area contributed by atoms with E-state index in [0.29, 0.717) is 18.4 Å². The first-order chi connectivity index (χ1) is 13.8. The van der Waals surface area contributed by atoms with Crippen LogP contribution in [0.1, 0.15) is 24.8 Å². The minimum atomic E-state index is 0.569. The predicted octanol–water partition coefficient (Wildman–Crippen LogP) is 2.54. The molecule has 0 aliphatic carbocycles. The van der Waals surface area contributed by atoms with Crippen LogP contribution >= 0.6 is 0 Å².